The van der Waals surface area contributed by atoms with Crippen LogP contribution in [0.2, 0.25) is 0 Å². The molecule has 8 heteroatoms. The van der Waals surface area contributed by atoms with E-state index in [0.29, 0.717) is 5.92 Å². The highest BCUT2D eigenvalue weighted by Crippen LogP contribution is 2.40. The van der Waals surface area contributed by atoms with E-state index in [1.165, 1.54) is 6.07 Å². The second kappa shape index (κ2) is 8.64. The van der Waals surface area contributed by atoms with Gasteiger partial charge in [-0.05, 0) is 42.7 Å². The predicted molar refractivity (Wildman–Crippen MR) is 92.7 cm³/mol. The second-order valence-electron chi connectivity index (χ2n) is 7.05. The van der Waals surface area contributed by atoms with E-state index in [4.69, 9.17) is 9.29 Å². The van der Waals surface area contributed by atoms with Crippen molar-refractivity contribution in [1.82, 2.24) is 0 Å². The van der Waals surface area contributed by atoms with Crippen molar-refractivity contribution in [2.24, 2.45) is 11.3 Å². The van der Waals surface area contributed by atoms with Crippen molar-refractivity contribution in [2.45, 2.75) is 46.1 Å². The highest BCUT2D eigenvalue weighted by Gasteiger charge is 2.34. The molecule has 25 heavy (non-hydrogen) atoms. The number of carbonyl (C=O) groups excluding carboxylic acids is 1. The zero-order chi connectivity index (χ0) is 19.3. The molecule has 1 aliphatic rings. The monoisotopic (exact) mass is 374 g/mol. The highest BCUT2D eigenvalue weighted by molar-refractivity contribution is 7.80. The molecule has 1 aromatic rings. The standard InChI is InChI=1S/C16H22O3.CH4O4S/c1-11-8-12(10-16(2,3)9-11)19-15(18)13-6-4-5-7-14(13)17;1-5-6(2,3)4/h4-7,11-12,17H,8-10H2,1-3H3;1H3,(H,2,3,4). The van der Waals surface area contributed by atoms with Crippen LogP contribution in [0.4, 0.5) is 0 Å². The number of esters is 1. The zero-order valence-corrected chi connectivity index (χ0v) is 15.7. The van der Waals surface area contributed by atoms with Crippen LogP contribution in [0.25, 0.3) is 0 Å². The molecule has 2 atom stereocenters. The van der Waals surface area contributed by atoms with E-state index in [1.54, 1.807) is 18.2 Å². The van der Waals surface area contributed by atoms with Crippen LogP contribution in [0.15, 0.2) is 24.3 Å². The predicted octanol–water partition coefficient (Wildman–Crippen LogP) is 3.20. The van der Waals surface area contributed by atoms with Crippen LogP contribution in [0.5, 0.6) is 5.75 Å². The number of phenols is 1. The van der Waals surface area contributed by atoms with Gasteiger partial charge in [0.05, 0.1) is 7.11 Å². The summed E-state index contributed by atoms with van der Waals surface area (Å²) in [7, 11) is -3.29. The van der Waals surface area contributed by atoms with Gasteiger partial charge in [0.2, 0.25) is 0 Å². The summed E-state index contributed by atoms with van der Waals surface area (Å²) in [5.74, 6) is 0.120. The van der Waals surface area contributed by atoms with E-state index in [1.807, 2.05) is 0 Å². The van der Waals surface area contributed by atoms with Crippen LogP contribution in [0, 0.1) is 11.3 Å². The molecule has 0 bridgehead atoms. The molecule has 1 fully saturated rings. The largest absolute Gasteiger partial charge is 0.507 e. The first-order valence-electron chi connectivity index (χ1n) is 7.95. The molecule has 1 aromatic carbocycles. The number of rotatable bonds is 3. The van der Waals surface area contributed by atoms with E-state index >= 15 is 0 Å². The van der Waals surface area contributed by atoms with E-state index in [0.717, 1.165) is 26.4 Å². The van der Waals surface area contributed by atoms with Gasteiger partial charge in [0.15, 0.2) is 0 Å². The number of carbonyl (C=O) groups is 1. The Bertz CT molecular complexity index is 682. The fourth-order valence-electron chi connectivity index (χ4n) is 3.21. The van der Waals surface area contributed by atoms with Crippen LogP contribution in [-0.2, 0) is 19.3 Å². The maximum atomic E-state index is 12.1. The summed E-state index contributed by atoms with van der Waals surface area (Å²) in [6, 6.07) is 6.51. The van der Waals surface area contributed by atoms with Gasteiger partial charge < -0.3 is 9.84 Å². The first kappa shape index (κ1) is 21.4. The van der Waals surface area contributed by atoms with Crippen LogP contribution in [-0.4, -0.2) is 37.3 Å². The maximum Gasteiger partial charge on any atom is 0.397 e. The van der Waals surface area contributed by atoms with Gasteiger partial charge in [-0.2, -0.15) is 8.42 Å². The van der Waals surface area contributed by atoms with Crippen molar-refractivity contribution in [3.8, 4) is 5.75 Å². The Morgan fingerprint density at radius 2 is 1.80 bits per heavy atom. The molecule has 2 unspecified atom stereocenters. The quantitative estimate of drug-likeness (QED) is 0.617. The highest BCUT2D eigenvalue weighted by atomic mass is 32.3. The zero-order valence-electron chi connectivity index (χ0n) is 14.9. The number of phenolic OH excluding ortho intramolecular Hbond substituents is 1. The molecule has 1 aliphatic carbocycles. The van der Waals surface area contributed by atoms with Gasteiger partial charge in [0.25, 0.3) is 0 Å². The summed E-state index contributed by atoms with van der Waals surface area (Å²) in [5.41, 5.74) is 0.458. The molecule has 7 nitrogen and oxygen atoms in total. The second-order valence-corrected chi connectivity index (χ2v) is 8.24. The van der Waals surface area contributed by atoms with E-state index in [-0.39, 0.29) is 22.8 Å². The molecule has 142 valence electrons. The lowest BCUT2D eigenvalue weighted by Crippen LogP contribution is -2.34. The molecule has 2 rings (SSSR count). The molecular weight excluding hydrogens is 348 g/mol. The molecule has 2 N–H and O–H groups in total. The van der Waals surface area contributed by atoms with Gasteiger partial charge in [0.1, 0.15) is 17.4 Å². The maximum absolute atomic E-state index is 12.1. The average Bonchev–Trinajstić information content (AvgIpc) is 2.45. The molecule has 0 saturated heterocycles. The first-order chi connectivity index (χ1) is 11.4. The lowest BCUT2D eigenvalue weighted by molar-refractivity contribution is -0.00735. The number of ether oxygens (including phenoxy) is 1. The van der Waals surface area contributed by atoms with E-state index in [9.17, 15) is 18.3 Å². The SMILES string of the molecule is CC1CC(OC(=O)c2ccccc2O)CC(C)(C)C1.COS(=O)(=O)O. The van der Waals surface area contributed by atoms with Crippen molar-refractivity contribution < 1.29 is 31.8 Å². The Balaban J connectivity index is 0.000000450. The topological polar surface area (TPSA) is 110 Å². The van der Waals surface area contributed by atoms with Crippen molar-refractivity contribution in [3.05, 3.63) is 29.8 Å². The van der Waals surface area contributed by atoms with Crippen LogP contribution < -0.4 is 0 Å². The third-order valence-corrected chi connectivity index (χ3v) is 4.38. The third kappa shape index (κ3) is 7.85. The number of aromatic hydroxyl groups is 1. The Kier molecular flexibility index (Phi) is 7.40. The summed E-state index contributed by atoms with van der Waals surface area (Å²) in [6.45, 7) is 6.62. The lowest BCUT2D eigenvalue weighted by atomic mass is 9.71. The fraction of sp³-hybridized carbons (Fsp3) is 0.588. The van der Waals surface area contributed by atoms with Gasteiger partial charge >= 0.3 is 16.4 Å². The smallest absolute Gasteiger partial charge is 0.397 e. The minimum atomic E-state index is -4.16. The average molecular weight is 374 g/mol. The van der Waals surface area contributed by atoms with E-state index in [2.05, 4.69) is 25.0 Å². The number of para-hydroxylation sites is 1. The van der Waals surface area contributed by atoms with Crippen molar-refractivity contribution in [1.29, 1.82) is 0 Å². The summed E-state index contributed by atoms with van der Waals surface area (Å²) in [5, 5.41) is 9.66. The van der Waals surface area contributed by atoms with E-state index < -0.39 is 16.4 Å². The molecule has 0 aliphatic heterocycles. The Labute approximate surface area is 148 Å². The van der Waals surface area contributed by atoms with Gasteiger partial charge in [-0.3, -0.25) is 8.74 Å². The van der Waals surface area contributed by atoms with Gasteiger partial charge in [-0.15, -0.1) is 0 Å². The van der Waals surface area contributed by atoms with Gasteiger partial charge in [-0.25, -0.2) is 4.79 Å². The minimum Gasteiger partial charge on any atom is -0.507 e. The number of hydrogen-bond acceptors (Lipinski definition) is 6. The molecule has 0 spiro atoms. The van der Waals surface area contributed by atoms with Crippen LogP contribution in [0.3, 0.4) is 0 Å². The Morgan fingerprint density at radius 3 is 2.28 bits per heavy atom. The number of hydrogen-bond donors (Lipinski definition) is 2. The first-order valence-corrected chi connectivity index (χ1v) is 9.32. The Hall–Kier alpha value is -1.64. The fourth-order valence-corrected chi connectivity index (χ4v) is 3.21. The van der Waals surface area contributed by atoms with Crippen molar-refractivity contribution >= 4 is 16.4 Å². The normalized spacial score (nSPS) is 22.4. The number of benzene rings is 1. The summed E-state index contributed by atoms with van der Waals surface area (Å²) >= 11 is 0. The molecule has 0 amide bonds. The molecule has 0 aromatic heterocycles. The summed E-state index contributed by atoms with van der Waals surface area (Å²) in [6.07, 6.45) is 2.91. The van der Waals surface area contributed by atoms with Gasteiger partial charge in [0, 0.05) is 0 Å². The molecule has 1 saturated carbocycles. The third-order valence-electron chi connectivity index (χ3n) is 3.95. The summed E-state index contributed by atoms with van der Waals surface area (Å²) in [4.78, 5) is 12.1. The summed E-state index contributed by atoms with van der Waals surface area (Å²) < 4.78 is 35.3. The minimum absolute atomic E-state index is 0.0179. The van der Waals surface area contributed by atoms with Crippen molar-refractivity contribution in [2.75, 3.05) is 7.11 Å². The molecule has 0 radical (unpaired) electrons. The lowest BCUT2D eigenvalue weighted by Gasteiger charge is -2.38. The van der Waals surface area contributed by atoms with Crippen molar-refractivity contribution in [3.63, 3.8) is 0 Å². The van der Waals surface area contributed by atoms with Gasteiger partial charge in [-0.1, -0.05) is 32.9 Å². The Morgan fingerprint density at radius 1 is 1.24 bits per heavy atom. The van der Waals surface area contributed by atoms with Crippen LogP contribution >= 0.6 is 0 Å². The van der Waals surface area contributed by atoms with Crippen LogP contribution in [0.1, 0.15) is 50.4 Å². The molecular formula is C17H26O7S. The molecule has 0 heterocycles.